The molecule has 3 nitrogen and oxygen atoms in total. The molecular weight excluding hydrogens is 198 g/mol. The van der Waals surface area contributed by atoms with Crippen molar-refractivity contribution in [1.29, 1.82) is 0 Å². The van der Waals surface area contributed by atoms with Gasteiger partial charge in [0.1, 0.15) is 0 Å². The van der Waals surface area contributed by atoms with Crippen molar-refractivity contribution >= 4 is 11.0 Å². The van der Waals surface area contributed by atoms with Gasteiger partial charge in [0, 0.05) is 6.20 Å². The number of H-pyrrole nitrogens is 2. The normalized spacial score (nSPS) is 11.1. The lowest BCUT2D eigenvalue weighted by Crippen LogP contribution is -1.79. The molecule has 2 aromatic heterocycles. The van der Waals surface area contributed by atoms with Gasteiger partial charge in [0.2, 0.25) is 0 Å². The zero-order chi connectivity index (χ0) is 11.1. The largest absolute Gasteiger partial charge is 0.359 e. The van der Waals surface area contributed by atoms with E-state index in [1.54, 1.807) is 0 Å². The van der Waals surface area contributed by atoms with Crippen LogP contribution in [0.1, 0.15) is 11.1 Å². The van der Waals surface area contributed by atoms with Crippen LogP contribution in [-0.2, 0) is 0 Å². The summed E-state index contributed by atoms with van der Waals surface area (Å²) in [6, 6.07) is 8.24. The first-order valence-electron chi connectivity index (χ1n) is 5.35. The number of aromatic amines is 2. The Labute approximate surface area is 93.5 Å². The van der Waals surface area contributed by atoms with Crippen LogP contribution in [-0.4, -0.2) is 15.0 Å². The van der Waals surface area contributed by atoms with Crippen LogP contribution < -0.4 is 0 Å². The van der Waals surface area contributed by atoms with Gasteiger partial charge in [-0.15, -0.1) is 0 Å². The highest BCUT2D eigenvalue weighted by Gasteiger charge is 2.06. The smallest absolute Gasteiger partial charge is 0.154 e. The Morgan fingerprint density at radius 2 is 1.94 bits per heavy atom. The van der Waals surface area contributed by atoms with Crippen LogP contribution in [0.4, 0.5) is 0 Å². The molecule has 2 N–H and O–H groups in total. The van der Waals surface area contributed by atoms with Crippen molar-refractivity contribution < 1.29 is 0 Å². The van der Waals surface area contributed by atoms with E-state index >= 15 is 0 Å². The molecule has 0 aliphatic carbocycles. The summed E-state index contributed by atoms with van der Waals surface area (Å²) in [5.74, 6) is 0.894. The highest BCUT2D eigenvalue weighted by atomic mass is 14.9. The second kappa shape index (κ2) is 3.23. The molecule has 80 valence electrons. The van der Waals surface area contributed by atoms with Gasteiger partial charge in [0.05, 0.1) is 16.7 Å². The molecule has 0 aliphatic rings. The number of aromatic nitrogens is 3. The Bertz CT molecular complexity index is 594. The van der Waals surface area contributed by atoms with Crippen LogP contribution in [0.5, 0.6) is 0 Å². The zero-order valence-corrected chi connectivity index (χ0v) is 9.33. The molecule has 0 atom stereocenters. The number of fused-ring (bicyclic) bond motifs is 1. The van der Waals surface area contributed by atoms with E-state index in [9.17, 15) is 0 Å². The van der Waals surface area contributed by atoms with Gasteiger partial charge in [-0.3, -0.25) is 0 Å². The van der Waals surface area contributed by atoms with Gasteiger partial charge < -0.3 is 9.97 Å². The Balaban J connectivity index is 2.23. The van der Waals surface area contributed by atoms with Crippen molar-refractivity contribution in [1.82, 2.24) is 15.0 Å². The van der Waals surface area contributed by atoms with Gasteiger partial charge in [0.15, 0.2) is 5.82 Å². The minimum atomic E-state index is 0.894. The quantitative estimate of drug-likeness (QED) is 0.638. The van der Waals surface area contributed by atoms with Gasteiger partial charge in [-0.25, -0.2) is 4.98 Å². The van der Waals surface area contributed by atoms with Gasteiger partial charge in [-0.05, 0) is 49.2 Å². The first kappa shape index (κ1) is 9.21. The average Bonchev–Trinajstić information content (AvgIpc) is 2.86. The predicted octanol–water partition coefficient (Wildman–Crippen LogP) is 3.17. The van der Waals surface area contributed by atoms with E-state index in [1.165, 1.54) is 11.1 Å². The molecule has 1 aromatic carbocycles. The molecule has 0 aliphatic heterocycles. The zero-order valence-electron chi connectivity index (χ0n) is 9.33. The first-order valence-corrected chi connectivity index (χ1v) is 5.35. The van der Waals surface area contributed by atoms with Gasteiger partial charge >= 0.3 is 0 Å². The number of rotatable bonds is 1. The summed E-state index contributed by atoms with van der Waals surface area (Å²) in [7, 11) is 0. The third-order valence-electron chi connectivity index (χ3n) is 2.95. The van der Waals surface area contributed by atoms with Crippen LogP contribution in [0.25, 0.3) is 22.6 Å². The Morgan fingerprint density at radius 3 is 2.69 bits per heavy atom. The van der Waals surface area contributed by atoms with Crippen LogP contribution in [0.15, 0.2) is 30.5 Å². The van der Waals surface area contributed by atoms with Gasteiger partial charge in [-0.1, -0.05) is 0 Å². The van der Waals surface area contributed by atoms with Crippen molar-refractivity contribution in [2.24, 2.45) is 0 Å². The van der Waals surface area contributed by atoms with Crippen LogP contribution >= 0.6 is 0 Å². The number of nitrogens with one attached hydrogen (secondary N) is 2. The van der Waals surface area contributed by atoms with Gasteiger partial charge in [0.25, 0.3) is 0 Å². The number of benzene rings is 1. The summed E-state index contributed by atoms with van der Waals surface area (Å²) in [4.78, 5) is 11.0. The van der Waals surface area contributed by atoms with Crippen molar-refractivity contribution in [3.8, 4) is 11.5 Å². The van der Waals surface area contributed by atoms with Crippen molar-refractivity contribution in [3.63, 3.8) is 0 Å². The van der Waals surface area contributed by atoms with E-state index in [0.29, 0.717) is 0 Å². The number of hydrogen-bond donors (Lipinski definition) is 2. The lowest BCUT2D eigenvalue weighted by Gasteiger charge is -1.97. The monoisotopic (exact) mass is 211 g/mol. The summed E-state index contributed by atoms with van der Waals surface area (Å²) in [5.41, 5.74) is 5.69. The SMILES string of the molecule is Cc1cc2nc(-c3ccc[nH]3)[nH]c2cc1C. The van der Waals surface area contributed by atoms with E-state index in [2.05, 4.69) is 40.9 Å². The Kier molecular flexibility index (Phi) is 1.86. The van der Waals surface area contributed by atoms with Crippen LogP contribution in [0, 0.1) is 13.8 Å². The molecule has 0 saturated heterocycles. The summed E-state index contributed by atoms with van der Waals surface area (Å²) in [5, 5.41) is 0. The molecule has 0 spiro atoms. The number of nitrogens with zero attached hydrogens (tertiary/aromatic N) is 1. The topological polar surface area (TPSA) is 44.5 Å². The highest BCUT2D eigenvalue weighted by molar-refractivity contribution is 5.80. The number of imidazole rings is 1. The molecule has 3 aromatic rings. The molecule has 0 fully saturated rings. The number of hydrogen-bond acceptors (Lipinski definition) is 1. The van der Waals surface area contributed by atoms with Crippen molar-refractivity contribution in [2.75, 3.05) is 0 Å². The average molecular weight is 211 g/mol. The van der Waals surface area contributed by atoms with E-state index in [-0.39, 0.29) is 0 Å². The van der Waals surface area contributed by atoms with E-state index in [0.717, 1.165) is 22.6 Å². The maximum atomic E-state index is 4.57. The third-order valence-corrected chi connectivity index (χ3v) is 2.95. The van der Waals surface area contributed by atoms with E-state index < -0.39 is 0 Å². The maximum absolute atomic E-state index is 4.57. The fourth-order valence-corrected chi connectivity index (χ4v) is 1.87. The first-order chi connectivity index (χ1) is 7.74. The lowest BCUT2D eigenvalue weighted by atomic mass is 10.1. The molecule has 2 heterocycles. The second-order valence-electron chi connectivity index (χ2n) is 4.12. The number of aryl methyl sites for hydroxylation is 2. The van der Waals surface area contributed by atoms with Crippen LogP contribution in [0.2, 0.25) is 0 Å². The molecular formula is C13H13N3. The third kappa shape index (κ3) is 1.33. The molecule has 0 amide bonds. The molecule has 16 heavy (non-hydrogen) atoms. The Morgan fingerprint density at radius 1 is 1.12 bits per heavy atom. The van der Waals surface area contributed by atoms with Gasteiger partial charge in [-0.2, -0.15) is 0 Å². The summed E-state index contributed by atoms with van der Waals surface area (Å²) in [6.07, 6.45) is 1.90. The maximum Gasteiger partial charge on any atom is 0.154 e. The highest BCUT2D eigenvalue weighted by Crippen LogP contribution is 2.21. The molecule has 0 bridgehead atoms. The van der Waals surface area contributed by atoms with E-state index in [1.807, 2.05) is 18.3 Å². The lowest BCUT2D eigenvalue weighted by molar-refractivity contribution is 1.27. The summed E-state index contributed by atoms with van der Waals surface area (Å²) in [6.45, 7) is 4.22. The summed E-state index contributed by atoms with van der Waals surface area (Å²) >= 11 is 0. The molecule has 0 unspecified atom stereocenters. The molecule has 3 heteroatoms. The standard InChI is InChI=1S/C13H13N3/c1-8-6-11-12(7-9(8)2)16-13(15-11)10-4-3-5-14-10/h3-7,14H,1-2H3,(H,15,16). The van der Waals surface area contributed by atoms with Crippen LogP contribution in [0.3, 0.4) is 0 Å². The van der Waals surface area contributed by atoms with Crippen molar-refractivity contribution in [2.45, 2.75) is 13.8 Å². The Hall–Kier alpha value is -2.03. The fraction of sp³-hybridized carbons (Fsp3) is 0.154. The van der Waals surface area contributed by atoms with Crippen molar-refractivity contribution in [3.05, 3.63) is 41.6 Å². The minimum absolute atomic E-state index is 0.894. The fourth-order valence-electron chi connectivity index (χ4n) is 1.87. The predicted molar refractivity (Wildman–Crippen MR) is 65.4 cm³/mol. The molecule has 0 radical (unpaired) electrons. The molecule has 3 rings (SSSR count). The minimum Gasteiger partial charge on any atom is -0.359 e. The molecule has 0 saturated carbocycles. The van der Waals surface area contributed by atoms with E-state index in [4.69, 9.17) is 0 Å². The summed E-state index contributed by atoms with van der Waals surface area (Å²) < 4.78 is 0. The second-order valence-corrected chi connectivity index (χ2v) is 4.12.